The van der Waals surface area contributed by atoms with Crippen molar-refractivity contribution < 1.29 is 29.0 Å². The summed E-state index contributed by atoms with van der Waals surface area (Å²) < 4.78 is 5.18. The maximum absolute atomic E-state index is 13.6. The number of hydrogen-bond acceptors (Lipinski definition) is 7. The van der Waals surface area contributed by atoms with E-state index in [2.05, 4.69) is 10.6 Å². The van der Waals surface area contributed by atoms with Crippen molar-refractivity contribution in [2.45, 2.75) is 71.6 Å². The number of nitriles is 1. The van der Waals surface area contributed by atoms with Gasteiger partial charge in [-0.25, -0.2) is 4.79 Å². The van der Waals surface area contributed by atoms with Gasteiger partial charge in [-0.15, -0.1) is 0 Å². The van der Waals surface area contributed by atoms with Crippen LogP contribution < -0.4 is 16.4 Å². The summed E-state index contributed by atoms with van der Waals surface area (Å²) in [6.45, 7) is 8.18. The van der Waals surface area contributed by atoms with Crippen LogP contribution in [0.25, 0.3) is 0 Å². The molecular weight excluding hydrogens is 454 g/mol. The number of phenolic OH excluding ortho intramolecular Hbond substituents is 1. The molecule has 4 amide bonds. The number of ether oxygens (including phenoxy) is 1. The van der Waals surface area contributed by atoms with E-state index in [9.17, 15) is 29.5 Å². The van der Waals surface area contributed by atoms with Crippen LogP contribution in [0.4, 0.5) is 4.79 Å². The first-order valence-corrected chi connectivity index (χ1v) is 11.3. The van der Waals surface area contributed by atoms with Crippen LogP contribution in [0.3, 0.4) is 0 Å². The Kier molecular flexibility index (Phi) is 11.0. The molecule has 5 N–H and O–H groups in total. The number of carbonyl (C=O) groups excluding carboxylic acids is 4. The first-order chi connectivity index (χ1) is 16.3. The number of phenols is 1. The van der Waals surface area contributed by atoms with Gasteiger partial charge < -0.3 is 31.1 Å². The van der Waals surface area contributed by atoms with Gasteiger partial charge in [-0.05, 0) is 39.7 Å². The lowest BCUT2D eigenvalue weighted by molar-refractivity contribution is -0.142. The fraction of sp³-hybridized carbons (Fsp3) is 0.542. The van der Waals surface area contributed by atoms with E-state index >= 15 is 0 Å². The number of alkyl carbamates (subject to hydrolysis) is 1. The average Bonchev–Trinajstić information content (AvgIpc) is 2.73. The van der Waals surface area contributed by atoms with Gasteiger partial charge in [0.1, 0.15) is 30.0 Å². The lowest BCUT2D eigenvalue weighted by Gasteiger charge is -2.33. The van der Waals surface area contributed by atoms with Gasteiger partial charge in [-0.3, -0.25) is 14.4 Å². The molecule has 11 nitrogen and oxygen atoms in total. The molecule has 2 atom stereocenters. The van der Waals surface area contributed by atoms with Crippen LogP contribution in [0.15, 0.2) is 18.2 Å². The van der Waals surface area contributed by atoms with Crippen LogP contribution in [0.1, 0.15) is 64.1 Å². The Bertz CT molecular complexity index is 966. The highest BCUT2D eigenvalue weighted by molar-refractivity contribution is 5.95. The van der Waals surface area contributed by atoms with Crippen LogP contribution in [0.2, 0.25) is 0 Å². The van der Waals surface area contributed by atoms with Gasteiger partial charge in [0, 0.05) is 12.1 Å². The summed E-state index contributed by atoms with van der Waals surface area (Å²) in [5, 5.41) is 25.2. The van der Waals surface area contributed by atoms with E-state index in [0.29, 0.717) is 18.5 Å². The van der Waals surface area contributed by atoms with Crippen LogP contribution >= 0.6 is 0 Å². The van der Waals surface area contributed by atoms with Gasteiger partial charge in [-0.2, -0.15) is 5.26 Å². The molecule has 0 aliphatic carbocycles. The zero-order valence-electron chi connectivity index (χ0n) is 20.9. The van der Waals surface area contributed by atoms with Crippen molar-refractivity contribution >= 4 is 23.8 Å². The Hall–Kier alpha value is -3.81. The van der Waals surface area contributed by atoms with Gasteiger partial charge in [0.15, 0.2) is 0 Å². The van der Waals surface area contributed by atoms with Crippen molar-refractivity contribution in [1.29, 1.82) is 5.26 Å². The third-order valence-corrected chi connectivity index (χ3v) is 4.87. The molecule has 0 saturated carbocycles. The number of hydrogen-bond donors (Lipinski definition) is 4. The highest BCUT2D eigenvalue weighted by atomic mass is 16.6. The van der Waals surface area contributed by atoms with Crippen LogP contribution in [0, 0.1) is 18.3 Å². The minimum absolute atomic E-state index is 0.0951. The number of nitrogens with two attached hydrogens (primary N) is 1. The number of para-hydroxylation sites is 1. The molecule has 2 unspecified atom stereocenters. The molecule has 0 heterocycles. The van der Waals surface area contributed by atoms with E-state index < -0.39 is 54.5 Å². The van der Waals surface area contributed by atoms with E-state index in [1.807, 2.05) is 13.0 Å². The Morgan fingerprint density at radius 1 is 1.26 bits per heavy atom. The Labute approximate surface area is 205 Å². The normalized spacial score (nSPS) is 12.6. The quantitative estimate of drug-likeness (QED) is 0.270. The molecule has 0 aromatic heterocycles. The number of aromatic hydroxyl groups is 1. The molecule has 35 heavy (non-hydrogen) atoms. The van der Waals surface area contributed by atoms with Gasteiger partial charge in [0.05, 0.1) is 12.5 Å². The lowest BCUT2D eigenvalue weighted by atomic mass is 9.99. The molecule has 0 aliphatic heterocycles. The van der Waals surface area contributed by atoms with E-state index in [4.69, 9.17) is 10.5 Å². The molecule has 1 aromatic rings. The molecule has 0 saturated heterocycles. The number of unbranched alkanes of at least 4 members (excludes halogenated alkanes) is 1. The summed E-state index contributed by atoms with van der Waals surface area (Å²) in [7, 11) is 0. The van der Waals surface area contributed by atoms with Crippen LogP contribution in [-0.4, -0.2) is 58.6 Å². The van der Waals surface area contributed by atoms with Gasteiger partial charge in [0.2, 0.25) is 17.7 Å². The second kappa shape index (κ2) is 13.2. The van der Waals surface area contributed by atoms with Crippen molar-refractivity contribution in [1.82, 2.24) is 15.5 Å². The van der Waals surface area contributed by atoms with Gasteiger partial charge in [-0.1, -0.05) is 31.5 Å². The second-order valence-corrected chi connectivity index (χ2v) is 9.05. The highest BCUT2D eigenvalue weighted by Crippen LogP contribution is 2.32. The Balaban J connectivity index is 3.49. The Morgan fingerprint density at radius 3 is 2.46 bits per heavy atom. The maximum Gasteiger partial charge on any atom is 0.408 e. The van der Waals surface area contributed by atoms with Crippen LogP contribution in [0.5, 0.6) is 5.75 Å². The summed E-state index contributed by atoms with van der Waals surface area (Å²) in [5.41, 5.74) is 4.96. The summed E-state index contributed by atoms with van der Waals surface area (Å²) in [6, 6.07) is 3.62. The number of amides is 4. The molecule has 1 rings (SSSR count). The fourth-order valence-corrected chi connectivity index (χ4v) is 3.26. The van der Waals surface area contributed by atoms with E-state index in [1.54, 1.807) is 39.8 Å². The summed E-state index contributed by atoms with van der Waals surface area (Å²) in [6.07, 6.45) is -0.0858. The van der Waals surface area contributed by atoms with E-state index in [-0.39, 0.29) is 11.3 Å². The molecule has 0 bridgehead atoms. The van der Waals surface area contributed by atoms with Crippen molar-refractivity contribution in [2.24, 2.45) is 5.73 Å². The largest absolute Gasteiger partial charge is 0.507 e. The number of carbonyl (C=O) groups is 4. The van der Waals surface area contributed by atoms with E-state index in [1.165, 1.54) is 6.07 Å². The number of benzene rings is 1. The number of rotatable bonds is 11. The molecular formula is C24H35N5O6. The lowest BCUT2D eigenvalue weighted by Crippen LogP contribution is -2.54. The minimum atomic E-state index is -1.51. The van der Waals surface area contributed by atoms with Crippen molar-refractivity contribution in [3.05, 3.63) is 29.3 Å². The molecule has 192 valence electrons. The number of primary amides is 1. The molecule has 0 fully saturated rings. The molecule has 1 aromatic carbocycles. The average molecular weight is 490 g/mol. The van der Waals surface area contributed by atoms with Gasteiger partial charge >= 0.3 is 6.09 Å². The monoisotopic (exact) mass is 489 g/mol. The first kappa shape index (κ1) is 29.2. The predicted octanol–water partition coefficient (Wildman–Crippen LogP) is 1.78. The Morgan fingerprint density at radius 2 is 1.91 bits per heavy atom. The summed E-state index contributed by atoms with van der Waals surface area (Å²) in [4.78, 5) is 51.7. The fourth-order valence-electron chi connectivity index (χ4n) is 3.26. The van der Waals surface area contributed by atoms with Crippen molar-refractivity contribution in [3.8, 4) is 11.8 Å². The number of aryl methyl sites for hydroxylation is 1. The maximum atomic E-state index is 13.6. The molecule has 0 radical (unpaired) electrons. The number of nitrogens with one attached hydrogen (secondary N) is 2. The van der Waals surface area contributed by atoms with Crippen molar-refractivity contribution in [3.63, 3.8) is 0 Å². The zero-order chi connectivity index (χ0) is 26.8. The molecule has 0 spiro atoms. The van der Waals surface area contributed by atoms with E-state index in [0.717, 1.165) is 11.3 Å². The second-order valence-electron chi connectivity index (χ2n) is 9.05. The smallest absolute Gasteiger partial charge is 0.408 e. The molecule has 11 heteroatoms. The third kappa shape index (κ3) is 9.16. The summed E-state index contributed by atoms with van der Waals surface area (Å²) >= 11 is 0. The SMILES string of the molecule is CCCCNC(=O)C(c1cccc(C)c1O)N(CC#N)C(=O)C(CC(N)=O)NC(=O)OC(C)(C)C. The van der Waals surface area contributed by atoms with Crippen molar-refractivity contribution in [2.75, 3.05) is 13.1 Å². The topological polar surface area (TPSA) is 175 Å². The predicted molar refractivity (Wildman–Crippen MR) is 128 cm³/mol. The highest BCUT2D eigenvalue weighted by Gasteiger charge is 2.38. The first-order valence-electron chi connectivity index (χ1n) is 11.3. The zero-order valence-corrected chi connectivity index (χ0v) is 20.9. The minimum Gasteiger partial charge on any atom is -0.507 e. The number of nitrogens with zero attached hydrogens (tertiary/aromatic N) is 2. The summed E-state index contributed by atoms with van der Waals surface area (Å²) in [5.74, 6) is -2.64. The standard InChI is InChI=1S/C24H35N5O6/c1-6-7-12-27-21(32)19(16-10-8-9-15(2)20(16)31)29(13-11-25)22(33)17(14-18(26)30)28-23(34)35-24(3,4)5/h8-10,17,19,31H,6-7,12-14H2,1-5H3,(H2,26,30)(H,27,32)(H,28,34). The molecule has 0 aliphatic rings. The van der Waals surface area contributed by atoms with Gasteiger partial charge in [0.25, 0.3) is 0 Å². The third-order valence-electron chi connectivity index (χ3n) is 4.87. The van der Waals surface area contributed by atoms with Crippen LogP contribution in [-0.2, 0) is 19.1 Å².